The predicted molar refractivity (Wildman–Crippen MR) is 95.1 cm³/mol. The molecule has 0 bridgehead atoms. The molecule has 1 atom stereocenters. The van der Waals surface area contributed by atoms with Gasteiger partial charge in [0.05, 0.1) is 24.1 Å². The molecule has 2 aliphatic rings. The first kappa shape index (κ1) is 16.4. The van der Waals surface area contributed by atoms with Crippen molar-refractivity contribution in [1.82, 2.24) is 5.32 Å². The molecular weight excluding hydrogens is 337 g/mol. The Balaban J connectivity index is 1.84. The molecule has 0 aliphatic carbocycles. The van der Waals surface area contributed by atoms with E-state index in [-0.39, 0.29) is 12.1 Å². The average Bonchev–Trinajstić information content (AvgIpc) is 2.66. The molecule has 6 nitrogen and oxygen atoms in total. The number of carbonyl (C=O) groups is 1. The monoisotopic (exact) mass is 355 g/mol. The molecule has 0 aromatic heterocycles. The number of ether oxygens (including phenoxy) is 1. The van der Waals surface area contributed by atoms with E-state index < -0.39 is 5.82 Å². The van der Waals surface area contributed by atoms with Crippen molar-refractivity contribution >= 4 is 17.3 Å². The van der Waals surface area contributed by atoms with Crippen LogP contribution in [0.15, 0.2) is 41.6 Å². The van der Waals surface area contributed by atoms with Crippen molar-refractivity contribution < 1.29 is 18.8 Å². The Hall–Kier alpha value is -3.09. The molecule has 4 rings (SSSR count). The van der Waals surface area contributed by atoms with E-state index in [1.807, 2.05) is 24.3 Å². The van der Waals surface area contributed by atoms with Gasteiger partial charge in [0.2, 0.25) is 0 Å². The van der Waals surface area contributed by atoms with Gasteiger partial charge in [-0.05, 0) is 29.8 Å². The van der Waals surface area contributed by atoms with Crippen LogP contribution in [0.5, 0.6) is 5.75 Å². The van der Waals surface area contributed by atoms with Crippen molar-refractivity contribution in [2.75, 3.05) is 25.7 Å². The normalized spacial score (nSPS) is 19.8. The summed E-state index contributed by atoms with van der Waals surface area (Å²) in [6, 6.07) is 10.2. The molecule has 0 saturated carbocycles. The van der Waals surface area contributed by atoms with Crippen LogP contribution in [0.1, 0.15) is 34.1 Å². The minimum atomic E-state index is -0.470. The first-order chi connectivity index (χ1) is 12.6. The van der Waals surface area contributed by atoms with Crippen LogP contribution in [0.4, 0.5) is 10.1 Å². The molecule has 0 spiro atoms. The molecule has 2 heterocycles. The van der Waals surface area contributed by atoms with Gasteiger partial charge in [-0.2, -0.15) is 0 Å². The number of benzene rings is 2. The summed E-state index contributed by atoms with van der Waals surface area (Å²) in [5.74, 6) is -0.0360. The highest BCUT2D eigenvalue weighted by Crippen LogP contribution is 2.40. The summed E-state index contributed by atoms with van der Waals surface area (Å²) in [6.45, 7) is 0.630. The summed E-state index contributed by atoms with van der Waals surface area (Å²) >= 11 is 0. The minimum Gasteiger partial charge on any atom is -0.497 e. The molecule has 0 fully saturated rings. The standard InChI is InChI=1S/C19H18FN3O3/c1-25-13-5-3-11(4-6-13)18-21-19(24)15-10-12(20)9-14-16(22-26-2)7-8-23(18)17(14)15/h3-6,9-10,18H,7-8H2,1-2H3,(H,21,24). The molecule has 2 aromatic carbocycles. The Bertz CT molecular complexity index is 896. The quantitative estimate of drug-likeness (QED) is 0.860. The molecule has 1 N–H and O–H groups in total. The number of halogens is 1. The van der Waals surface area contributed by atoms with Crippen molar-refractivity contribution in [3.05, 3.63) is 58.9 Å². The third kappa shape index (κ3) is 2.56. The number of nitrogens with zero attached hydrogens (tertiary/aromatic N) is 2. The van der Waals surface area contributed by atoms with E-state index in [1.165, 1.54) is 19.2 Å². The van der Waals surface area contributed by atoms with Crippen LogP contribution in [0.3, 0.4) is 0 Å². The maximum Gasteiger partial charge on any atom is 0.255 e. The van der Waals surface area contributed by atoms with Crippen LogP contribution in [0, 0.1) is 5.82 Å². The fourth-order valence-corrected chi connectivity index (χ4v) is 3.57. The lowest BCUT2D eigenvalue weighted by Gasteiger charge is -2.43. The second-order valence-corrected chi connectivity index (χ2v) is 6.16. The smallest absolute Gasteiger partial charge is 0.255 e. The van der Waals surface area contributed by atoms with Gasteiger partial charge in [-0.15, -0.1) is 0 Å². The first-order valence-electron chi connectivity index (χ1n) is 8.27. The molecule has 2 aromatic rings. The molecule has 134 valence electrons. The largest absolute Gasteiger partial charge is 0.497 e. The van der Waals surface area contributed by atoms with Gasteiger partial charge in [0.25, 0.3) is 5.91 Å². The summed E-state index contributed by atoms with van der Waals surface area (Å²) in [5.41, 5.74) is 3.17. The lowest BCUT2D eigenvalue weighted by atomic mass is 9.92. The maximum atomic E-state index is 14.1. The number of nitrogens with one attached hydrogen (secondary N) is 1. The van der Waals surface area contributed by atoms with E-state index in [4.69, 9.17) is 9.57 Å². The van der Waals surface area contributed by atoms with Crippen LogP contribution < -0.4 is 15.0 Å². The van der Waals surface area contributed by atoms with E-state index in [0.717, 1.165) is 11.3 Å². The van der Waals surface area contributed by atoms with Crippen molar-refractivity contribution in [2.45, 2.75) is 12.6 Å². The summed E-state index contributed by atoms with van der Waals surface area (Å²) < 4.78 is 19.3. The number of carbonyl (C=O) groups excluding carboxylic acids is 1. The molecule has 1 unspecified atom stereocenters. The summed E-state index contributed by atoms with van der Waals surface area (Å²) in [5, 5.41) is 6.99. The third-order valence-corrected chi connectivity index (χ3v) is 4.72. The number of methoxy groups -OCH3 is 1. The number of anilines is 1. The number of hydrogen-bond donors (Lipinski definition) is 1. The van der Waals surface area contributed by atoms with Crippen molar-refractivity contribution in [3.63, 3.8) is 0 Å². The van der Waals surface area contributed by atoms with Gasteiger partial charge in [-0.1, -0.05) is 17.3 Å². The Morgan fingerprint density at radius 1 is 1.19 bits per heavy atom. The van der Waals surface area contributed by atoms with Gasteiger partial charge in [-0.25, -0.2) is 4.39 Å². The predicted octanol–water partition coefficient (Wildman–Crippen LogP) is 2.84. The zero-order valence-electron chi connectivity index (χ0n) is 14.5. The zero-order valence-corrected chi connectivity index (χ0v) is 14.5. The summed E-state index contributed by atoms with van der Waals surface area (Å²) in [6.07, 6.45) is 0.251. The van der Waals surface area contributed by atoms with Crippen LogP contribution >= 0.6 is 0 Å². The fourth-order valence-electron chi connectivity index (χ4n) is 3.57. The highest BCUT2D eigenvalue weighted by Gasteiger charge is 2.37. The summed E-state index contributed by atoms with van der Waals surface area (Å²) in [7, 11) is 3.06. The van der Waals surface area contributed by atoms with Gasteiger partial charge in [0.15, 0.2) is 0 Å². The van der Waals surface area contributed by atoms with Crippen LogP contribution in [-0.2, 0) is 4.84 Å². The lowest BCUT2D eigenvalue weighted by Crippen LogP contribution is -2.49. The molecule has 1 amide bonds. The van der Waals surface area contributed by atoms with Gasteiger partial charge in [0.1, 0.15) is 24.8 Å². The molecular formula is C19H18FN3O3. The Kier molecular flexibility index (Phi) is 3.99. The molecule has 0 radical (unpaired) electrons. The van der Waals surface area contributed by atoms with Crippen LogP contribution in [0.2, 0.25) is 0 Å². The van der Waals surface area contributed by atoms with Crippen molar-refractivity contribution in [2.24, 2.45) is 5.16 Å². The first-order valence-corrected chi connectivity index (χ1v) is 8.27. The lowest BCUT2D eigenvalue weighted by molar-refractivity contribution is 0.0925. The third-order valence-electron chi connectivity index (χ3n) is 4.72. The Morgan fingerprint density at radius 2 is 1.92 bits per heavy atom. The van der Waals surface area contributed by atoms with E-state index in [1.54, 1.807) is 7.11 Å². The molecule has 0 saturated heterocycles. The fraction of sp³-hybridized carbons (Fsp3) is 0.263. The van der Waals surface area contributed by atoms with Gasteiger partial charge >= 0.3 is 0 Å². The van der Waals surface area contributed by atoms with Crippen molar-refractivity contribution in [1.29, 1.82) is 0 Å². The number of hydrogen-bond acceptors (Lipinski definition) is 5. The zero-order chi connectivity index (χ0) is 18.3. The Morgan fingerprint density at radius 3 is 2.62 bits per heavy atom. The Labute approximate surface area is 150 Å². The highest BCUT2D eigenvalue weighted by molar-refractivity contribution is 6.13. The second-order valence-electron chi connectivity index (χ2n) is 6.16. The van der Waals surface area contributed by atoms with E-state index >= 15 is 0 Å². The molecule has 26 heavy (non-hydrogen) atoms. The van der Waals surface area contributed by atoms with E-state index in [2.05, 4.69) is 15.4 Å². The number of rotatable bonds is 3. The van der Waals surface area contributed by atoms with Gasteiger partial charge in [0, 0.05) is 18.5 Å². The highest BCUT2D eigenvalue weighted by atomic mass is 19.1. The number of oxime groups is 1. The minimum absolute atomic E-state index is 0.309. The molecule has 2 aliphatic heterocycles. The van der Waals surface area contributed by atoms with Crippen LogP contribution in [-0.4, -0.2) is 32.4 Å². The second kappa shape index (κ2) is 6.33. The maximum absolute atomic E-state index is 14.1. The average molecular weight is 355 g/mol. The topological polar surface area (TPSA) is 63.2 Å². The van der Waals surface area contributed by atoms with E-state index in [0.29, 0.717) is 35.5 Å². The van der Waals surface area contributed by atoms with Gasteiger partial charge < -0.3 is 19.8 Å². The molecule has 7 heteroatoms. The van der Waals surface area contributed by atoms with E-state index in [9.17, 15) is 9.18 Å². The number of amides is 1. The van der Waals surface area contributed by atoms with Crippen LogP contribution in [0.25, 0.3) is 0 Å². The SMILES string of the molecule is CON=C1CCN2c3c(cc(F)cc31)C(=O)NC2c1ccc(OC)cc1. The van der Waals surface area contributed by atoms with Gasteiger partial charge in [-0.3, -0.25) is 4.79 Å². The van der Waals surface area contributed by atoms with Crippen molar-refractivity contribution in [3.8, 4) is 5.75 Å². The summed E-state index contributed by atoms with van der Waals surface area (Å²) in [4.78, 5) is 19.6.